The number of thiophene rings is 1. The maximum Gasteiger partial charge on any atom is 0.0314 e. The summed E-state index contributed by atoms with van der Waals surface area (Å²) in [6.07, 6.45) is 3.63. The molecule has 1 aromatic heterocycles. The van der Waals surface area contributed by atoms with Crippen LogP contribution in [0.1, 0.15) is 24.6 Å². The summed E-state index contributed by atoms with van der Waals surface area (Å²) in [4.78, 5) is 1.39. The van der Waals surface area contributed by atoms with E-state index in [9.17, 15) is 0 Å². The molecule has 14 heavy (non-hydrogen) atoms. The van der Waals surface area contributed by atoms with Crippen molar-refractivity contribution in [1.29, 1.82) is 0 Å². The third-order valence-electron chi connectivity index (χ3n) is 3.16. The fraction of sp³-hybridized carbons (Fsp3) is 0.600. The number of nitrogens with one attached hydrogen (secondary N) is 1. The van der Waals surface area contributed by atoms with Crippen LogP contribution in [0, 0.1) is 5.41 Å². The van der Waals surface area contributed by atoms with Gasteiger partial charge >= 0.3 is 0 Å². The van der Waals surface area contributed by atoms with Crippen LogP contribution in [0.2, 0.25) is 0 Å². The Morgan fingerprint density at radius 2 is 2.43 bits per heavy atom. The first-order valence-corrected chi connectivity index (χ1v) is 6.51. The van der Waals surface area contributed by atoms with Crippen molar-refractivity contribution < 1.29 is 0 Å². The van der Waals surface area contributed by atoms with Crippen LogP contribution in [0.3, 0.4) is 0 Å². The quantitative estimate of drug-likeness (QED) is 0.655. The second-order valence-electron chi connectivity index (χ2n) is 4.27. The largest absolute Gasteiger partial charge is 0.271 e. The van der Waals surface area contributed by atoms with Crippen molar-refractivity contribution in [2.75, 3.05) is 0 Å². The van der Waals surface area contributed by atoms with Gasteiger partial charge in [0.25, 0.3) is 0 Å². The summed E-state index contributed by atoms with van der Waals surface area (Å²) in [6, 6.07) is 2.51. The van der Waals surface area contributed by atoms with Gasteiger partial charge in [-0.15, -0.1) is 11.3 Å². The molecule has 2 rings (SSSR count). The Morgan fingerprint density at radius 1 is 1.71 bits per heavy atom. The number of hydrazine groups is 1. The molecule has 1 heterocycles. The summed E-state index contributed by atoms with van der Waals surface area (Å²) in [5, 5.41) is 2.11. The molecular weight excluding hydrogens is 260 g/mol. The molecule has 0 amide bonds. The van der Waals surface area contributed by atoms with E-state index >= 15 is 0 Å². The van der Waals surface area contributed by atoms with Crippen molar-refractivity contribution in [2.24, 2.45) is 11.3 Å². The predicted molar refractivity (Wildman–Crippen MR) is 64.2 cm³/mol. The first-order chi connectivity index (χ1) is 6.65. The van der Waals surface area contributed by atoms with Crippen LogP contribution in [0.4, 0.5) is 0 Å². The number of hydrogen-bond acceptors (Lipinski definition) is 3. The molecule has 78 valence electrons. The van der Waals surface area contributed by atoms with Crippen molar-refractivity contribution in [2.45, 2.75) is 32.2 Å². The highest BCUT2D eigenvalue weighted by Crippen LogP contribution is 2.49. The fourth-order valence-corrected chi connectivity index (χ4v) is 3.27. The lowest BCUT2D eigenvalue weighted by Gasteiger charge is -2.22. The molecule has 0 spiro atoms. The Kier molecular flexibility index (Phi) is 2.98. The standard InChI is InChI=1S/C10H15BrN2S/c1-10(3-4-10)9(13-12)6-8-7(11)2-5-14-8/h2,5,9,13H,3-4,6,12H2,1H3. The third-order valence-corrected chi connectivity index (χ3v) is 5.11. The van der Waals surface area contributed by atoms with Crippen molar-refractivity contribution in [3.05, 3.63) is 20.8 Å². The van der Waals surface area contributed by atoms with Crippen LogP contribution in [0.25, 0.3) is 0 Å². The van der Waals surface area contributed by atoms with Gasteiger partial charge in [0, 0.05) is 21.8 Å². The molecule has 0 bridgehead atoms. The number of hydrogen-bond donors (Lipinski definition) is 2. The van der Waals surface area contributed by atoms with E-state index in [4.69, 9.17) is 5.84 Å². The molecule has 1 atom stereocenters. The molecule has 0 aliphatic heterocycles. The zero-order chi connectivity index (χ0) is 10.2. The van der Waals surface area contributed by atoms with E-state index in [1.165, 1.54) is 22.2 Å². The molecular formula is C10H15BrN2S. The van der Waals surface area contributed by atoms with Gasteiger partial charge in [0.1, 0.15) is 0 Å². The van der Waals surface area contributed by atoms with Crippen molar-refractivity contribution >= 4 is 27.3 Å². The molecule has 4 heteroatoms. The van der Waals surface area contributed by atoms with Crippen LogP contribution in [-0.2, 0) is 6.42 Å². The van der Waals surface area contributed by atoms with E-state index in [-0.39, 0.29) is 0 Å². The Balaban J connectivity index is 2.05. The molecule has 3 N–H and O–H groups in total. The van der Waals surface area contributed by atoms with Crippen LogP contribution >= 0.6 is 27.3 Å². The van der Waals surface area contributed by atoms with Gasteiger partial charge in [0.05, 0.1) is 0 Å². The first-order valence-electron chi connectivity index (χ1n) is 4.84. The van der Waals surface area contributed by atoms with E-state index in [2.05, 4.69) is 39.7 Å². The van der Waals surface area contributed by atoms with Gasteiger partial charge in [-0.25, -0.2) is 0 Å². The highest BCUT2D eigenvalue weighted by molar-refractivity contribution is 9.10. The minimum atomic E-state index is 0.414. The average Bonchev–Trinajstić information content (AvgIpc) is 2.77. The lowest BCUT2D eigenvalue weighted by atomic mass is 9.96. The average molecular weight is 275 g/mol. The Morgan fingerprint density at radius 3 is 2.86 bits per heavy atom. The number of rotatable bonds is 4. The van der Waals surface area contributed by atoms with Crippen LogP contribution in [0.15, 0.2) is 15.9 Å². The number of nitrogens with two attached hydrogens (primary N) is 1. The van der Waals surface area contributed by atoms with E-state index in [0.717, 1.165) is 6.42 Å². The molecule has 0 radical (unpaired) electrons. The topological polar surface area (TPSA) is 38.0 Å². The Bertz CT molecular complexity index is 320. The molecule has 1 aliphatic rings. The fourth-order valence-electron chi connectivity index (χ4n) is 1.71. The SMILES string of the molecule is CC1(C(Cc2sccc2Br)NN)CC1. The second-order valence-corrected chi connectivity index (χ2v) is 6.12. The lowest BCUT2D eigenvalue weighted by Crippen LogP contribution is -2.42. The summed E-state index contributed by atoms with van der Waals surface area (Å²) in [6.45, 7) is 2.30. The van der Waals surface area contributed by atoms with Gasteiger partial charge in [-0.05, 0) is 45.6 Å². The normalized spacial score (nSPS) is 20.8. The molecule has 2 nitrogen and oxygen atoms in total. The van der Waals surface area contributed by atoms with Gasteiger partial charge < -0.3 is 0 Å². The van der Waals surface area contributed by atoms with E-state index in [0.29, 0.717) is 11.5 Å². The Labute approximate surface area is 97.0 Å². The van der Waals surface area contributed by atoms with Gasteiger partial charge in [-0.3, -0.25) is 11.3 Å². The van der Waals surface area contributed by atoms with E-state index in [1.807, 2.05) is 0 Å². The molecule has 1 fully saturated rings. The summed E-state index contributed by atoms with van der Waals surface area (Å²) in [7, 11) is 0. The first kappa shape index (κ1) is 10.6. The summed E-state index contributed by atoms with van der Waals surface area (Å²) >= 11 is 5.35. The zero-order valence-corrected chi connectivity index (χ0v) is 10.6. The van der Waals surface area contributed by atoms with E-state index in [1.54, 1.807) is 11.3 Å². The maximum absolute atomic E-state index is 5.60. The van der Waals surface area contributed by atoms with Crippen molar-refractivity contribution in [3.63, 3.8) is 0 Å². The van der Waals surface area contributed by atoms with Crippen LogP contribution in [-0.4, -0.2) is 6.04 Å². The smallest absolute Gasteiger partial charge is 0.0314 e. The molecule has 1 saturated carbocycles. The number of halogens is 1. The summed E-state index contributed by atoms with van der Waals surface area (Å²) < 4.78 is 1.21. The maximum atomic E-state index is 5.60. The third kappa shape index (κ3) is 2.03. The van der Waals surface area contributed by atoms with Crippen molar-refractivity contribution in [3.8, 4) is 0 Å². The van der Waals surface area contributed by atoms with Crippen molar-refractivity contribution in [1.82, 2.24) is 5.43 Å². The van der Waals surface area contributed by atoms with Gasteiger partial charge in [-0.1, -0.05) is 6.92 Å². The molecule has 1 aliphatic carbocycles. The molecule has 0 saturated heterocycles. The zero-order valence-electron chi connectivity index (χ0n) is 8.22. The van der Waals surface area contributed by atoms with Crippen LogP contribution in [0.5, 0.6) is 0 Å². The van der Waals surface area contributed by atoms with Crippen LogP contribution < -0.4 is 11.3 Å². The highest BCUT2D eigenvalue weighted by Gasteiger charge is 2.44. The monoisotopic (exact) mass is 274 g/mol. The lowest BCUT2D eigenvalue weighted by molar-refractivity contribution is 0.360. The van der Waals surface area contributed by atoms with E-state index < -0.39 is 0 Å². The molecule has 1 aromatic rings. The second kappa shape index (κ2) is 3.93. The molecule has 1 unspecified atom stereocenters. The van der Waals surface area contributed by atoms with Gasteiger partial charge in [-0.2, -0.15) is 0 Å². The predicted octanol–water partition coefficient (Wildman–Crippen LogP) is 2.69. The minimum Gasteiger partial charge on any atom is -0.271 e. The highest BCUT2D eigenvalue weighted by atomic mass is 79.9. The summed E-state index contributed by atoms with van der Waals surface area (Å²) in [5.74, 6) is 5.60. The Hall–Kier alpha value is 0.1000. The molecule has 0 aromatic carbocycles. The minimum absolute atomic E-state index is 0.414. The summed E-state index contributed by atoms with van der Waals surface area (Å²) in [5.41, 5.74) is 3.38. The van der Waals surface area contributed by atoms with Gasteiger partial charge in [0.15, 0.2) is 0 Å². The van der Waals surface area contributed by atoms with Gasteiger partial charge in [0.2, 0.25) is 0 Å².